The first kappa shape index (κ1) is 34.0. The van der Waals surface area contributed by atoms with Crippen LogP contribution in [0.3, 0.4) is 0 Å². The molecule has 13 aromatic rings. The number of fused-ring (bicyclic) bond motifs is 18. The Kier molecular flexibility index (Phi) is 6.24. The van der Waals surface area contributed by atoms with E-state index >= 15 is 0 Å². The lowest BCUT2D eigenvalue weighted by Crippen LogP contribution is -2.10. The van der Waals surface area contributed by atoms with Crippen molar-refractivity contribution >= 4 is 88.3 Å². The zero-order valence-electron chi connectivity index (χ0n) is 35.2. The predicted octanol–water partition coefficient (Wildman–Crippen LogP) is 13.8. The number of nitrogens with zero attached hydrogens (tertiary/aromatic N) is 6. The summed E-state index contributed by atoms with van der Waals surface area (Å²) < 4.78 is 9.86. The molecule has 6 aromatic heterocycles. The Hall–Kier alpha value is -6.92. The summed E-state index contributed by atoms with van der Waals surface area (Å²) in [6.45, 7) is 18.3. The van der Waals surface area contributed by atoms with Crippen LogP contribution >= 0.6 is 0 Å². The summed E-state index contributed by atoms with van der Waals surface area (Å²) in [4.78, 5) is 11.0. The third kappa shape index (κ3) is 4.18. The van der Waals surface area contributed by atoms with Crippen LogP contribution in [0.25, 0.3) is 111 Å². The fourth-order valence-electron chi connectivity index (χ4n) is 10.5. The van der Waals surface area contributed by atoms with Gasteiger partial charge in [0.25, 0.3) is 0 Å². The summed E-state index contributed by atoms with van der Waals surface area (Å²) in [7, 11) is 0. The minimum Gasteiger partial charge on any atom is -0.277 e. The average Bonchev–Trinajstić information content (AvgIpc) is 4.05. The summed E-state index contributed by atoms with van der Waals surface area (Å²) in [6, 6.07) is 45.2. The molecule has 6 nitrogen and oxygen atoms in total. The minimum atomic E-state index is -0.0350. The monoisotopic (exact) mass is 776 g/mol. The highest BCUT2D eigenvalue weighted by Crippen LogP contribution is 2.50. The topological polar surface area (TPSA) is 43.4 Å². The van der Waals surface area contributed by atoms with Gasteiger partial charge in [0.05, 0.1) is 55.2 Å². The number of hydrogen-bond donors (Lipinski definition) is 0. The van der Waals surface area contributed by atoms with E-state index in [0.29, 0.717) is 0 Å². The Balaban J connectivity index is 1.32. The van der Waals surface area contributed by atoms with E-state index in [4.69, 9.17) is 9.97 Å². The SMILES string of the molecule is Cc1ccccc1-c1ccc2nc3n(c2c1)c1c2c4cc(C(C)(C)C)ccc4n4c2c(c2c5cc(C(C)(C)C)ccc5n3c21)n1c2cc(-c3ccccc3C)ccc2nc14. The second kappa shape index (κ2) is 11.0. The Morgan fingerprint density at radius 1 is 0.400 bits per heavy atom. The van der Waals surface area contributed by atoms with Crippen LogP contribution in [0, 0.1) is 13.8 Å². The maximum absolute atomic E-state index is 5.52. The van der Waals surface area contributed by atoms with Gasteiger partial charge in [0, 0.05) is 21.5 Å². The van der Waals surface area contributed by atoms with Crippen molar-refractivity contribution in [2.75, 3.05) is 0 Å². The van der Waals surface area contributed by atoms with Gasteiger partial charge in [-0.05, 0) is 118 Å². The molecular weight excluding hydrogens is 733 g/mol. The molecule has 0 N–H and O–H groups in total. The predicted molar refractivity (Wildman–Crippen MR) is 251 cm³/mol. The summed E-state index contributed by atoms with van der Waals surface area (Å²) >= 11 is 0. The molecule has 0 amide bonds. The lowest BCUT2D eigenvalue weighted by molar-refractivity contribution is 0.591. The van der Waals surface area contributed by atoms with E-state index in [-0.39, 0.29) is 10.8 Å². The van der Waals surface area contributed by atoms with Gasteiger partial charge in [-0.15, -0.1) is 0 Å². The van der Waals surface area contributed by atoms with Crippen molar-refractivity contribution in [2.24, 2.45) is 0 Å². The smallest absolute Gasteiger partial charge is 0.220 e. The van der Waals surface area contributed by atoms with E-state index in [9.17, 15) is 0 Å². The fourth-order valence-corrected chi connectivity index (χ4v) is 10.5. The number of aromatic nitrogens is 6. The highest BCUT2D eigenvalue weighted by Gasteiger charge is 2.33. The summed E-state index contributed by atoms with van der Waals surface area (Å²) in [5.74, 6) is 1.88. The molecule has 0 atom stereocenters. The van der Waals surface area contributed by atoms with E-state index in [0.717, 1.165) is 33.6 Å². The summed E-state index contributed by atoms with van der Waals surface area (Å²) in [5, 5.41) is 4.97. The molecular formula is C54H44N6. The van der Waals surface area contributed by atoms with Crippen LogP contribution in [0.2, 0.25) is 0 Å². The highest BCUT2D eigenvalue weighted by molar-refractivity contribution is 6.37. The van der Waals surface area contributed by atoms with Crippen molar-refractivity contribution in [3.05, 3.63) is 144 Å². The van der Waals surface area contributed by atoms with E-state index in [1.54, 1.807) is 0 Å². The molecule has 6 heterocycles. The molecule has 0 fully saturated rings. The van der Waals surface area contributed by atoms with Crippen LogP contribution < -0.4 is 0 Å². The summed E-state index contributed by atoms with van der Waals surface area (Å²) in [5.41, 5.74) is 21.3. The van der Waals surface area contributed by atoms with E-state index < -0.39 is 0 Å². The molecule has 290 valence electrons. The quantitative estimate of drug-likeness (QED) is 0.175. The van der Waals surface area contributed by atoms with Crippen molar-refractivity contribution in [1.29, 1.82) is 0 Å². The van der Waals surface area contributed by atoms with Gasteiger partial charge >= 0.3 is 0 Å². The minimum absolute atomic E-state index is 0.0350. The second-order valence-electron chi connectivity index (χ2n) is 19.3. The molecule has 60 heavy (non-hydrogen) atoms. The van der Waals surface area contributed by atoms with Gasteiger partial charge in [-0.3, -0.25) is 17.6 Å². The molecule has 0 radical (unpaired) electrons. The average molecular weight is 777 g/mol. The number of benzene rings is 7. The highest BCUT2D eigenvalue weighted by atomic mass is 15.2. The number of aryl methyl sites for hydroxylation is 2. The van der Waals surface area contributed by atoms with E-state index in [2.05, 4.69) is 194 Å². The van der Waals surface area contributed by atoms with Crippen LogP contribution in [0.15, 0.2) is 121 Å². The van der Waals surface area contributed by atoms with E-state index in [1.165, 1.54) is 99.2 Å². The van der Waals surface area contributed by atoms with Gasteiger partial charge in [-0.25, -0.2) is 9.97 Å². The van der Waals surface area contributed by atoms with Crippen LogP contribution in [0.1, 0.15) is 63.8 Å². The molecule has 7 aromatic carbocycles. The maximum atomic E-state index is 5.52. The first-order valence-electron chi connectivity index (χ1n) is 21.2. The standard InChI is InChI=1S/C54H44N6/c1-29-13-9-11-15-35(29)31-17-21-39-43(25-31)59-49-45-37-27-33(53(3,4)5)20-24-42(37)58-48(45)50(46-38-28-34(54(6,7)8)19-23-41(38)57(47(46)49)51(59)55-39)60-44-26-32(18-22-40(44)56-52(58)60)36-16-12-10-14-30(36)2/h9-28H,1-8H3. The van der Waals surface area contributed by atoms with Crippen molar-refractivity contribution in [3.63, 3.8) is 0 Å². The van der Waals surface area contributed by atoms with Crippen molar-refractivity contribution in [2.45, 2.75) is 66.2 Å². The Labute approximate surface area is 346 Å². The Morgan fingerprint density at radius 3 is 1.17 bits per heavy atom. The zero-order valence-corrected chi connectivity index (χ0v) is 35.2. The number of imidazole rings is 4. The van der Waals surface area contributed by atoms with Crippen LogP contribution in [-0.4, -0.2) is 27.6 Å². The molecule has 0 unspecified atom stereocenters. The van der Waals surface area contributed by atoms with Crippen LogP contribution in [0.5, 0.6) is 0 Å². The Bertz CT molecular complexity index is 3720. The van der Waals surface area contributed by atoms with E-state index in [1.807, 2.05) is 0 Å². The van der Waals surface area contributed by atoms with Crippen molar-refractivity contribution in [1.82, 2.24) is 27.6 Å². The molecule has 0 spiro atoms. The van der Waals surface area contributed by atoms with Gasteiger partial charge in [0.15, 0.2) is 0 Å². The van der Waals surface area contributed by atoms with Crippen LogP contribution in [-0.2, 0) is 10.8 Å². The van der Waals surface area contributed by atoms with Gasteiger partial charge in [0.1, 0.15) is 0 Å². The van der Waals surface area contributed by atoms with Gasteiger partial charge < -0.3 is 0 Å². The van der Waals surface area contributed by atoms with Crippen molar-refractivity contribution < 1.29 is 0 Å². The molecule has 0 aliphatic rings. The lowest BCUT2D eigenvalue weighted by Gasteiger charge is -2.19. The first-order valence-corrected chi connectivity index (χ1v) is 21.2. The van der Waals surface area contributed by atoms with Crippen LogP contribution in [0.4, 0.5) is 0 Å². The molecule has 0 saturated heterocycles. The second-order valence-corrected chi connectivity index (χ2v) is 19.3. The number of rotatable bonds is 2. The molecule has 6 heteroatoms. The normalized spacial score (nSPS) is 13.3. The fraction of sp³-hybridized carbons (Fsp3) is 0.185. The van der Waals surface area contributed by atoms with Gasteiger partial charge in [0.2, 0.25) is 11.6 Å². The van der Waals surface area contributed by atoms with Crippen molar-refractivity contribution in [3.8, 4) is 22.3 Å². The molecule has 0 aliphatic heterocycles. The zero-order chi connectivity index (χ0) is 40.7. The third-order valence-electron chi connectivity index (χ3n) is 13.6. The first-order chi connectivity index (χ1) is 28.9. The maximum Gasteiger partial charge on any atom is 0.220 e. The molecule has 0 aliphatic carbocycles. The molecule has 0 saturated carbocycles. The summed E-state index contributed by atoms with van der Waals surface area (Å²) in [6.07, 6.45) is 0. The lowest BCUT2D eigenvalue weighted by atomic mass is 9.86. The van der Waals surface area contributed by atoms with Gasteiger partial charge in [-0.1, -0.05) is 114 Å². The molecule has 0 bridgehead atoms. The number of hydrogen-bond acceptors (Lipinski definition) is 2. The third-order valence-corrected chi connectivity index (χ3v) is 13.6. The molecule has 13 rings (SSSR count). The Morgan fingerprint density at radius 2 is 0.783 bits per heavy atom. The largest absolute Gasteiger partial charge is 0.277 e. The van der Waals surface area contributed by atoms with Gasteiger partial charge in [-0.2, -0.15) is 0 Å².